The number of benzene rings is 1. The number of fused-ring (bicyclic) bond motifs is 1. The number of hydrogen-bond donors (Lipinski definition) is 2. The van der Waals surface area contributed by atoms with Crippen LogP contribution in [-0.4, -0.2) is 98.4 Å². The molecule has 0 spiro atoms. The van der Waals surface area contributed by atoms with Gasteiger partial charge in [0.15, 0.2) is 0 Å². The minimum absolute atomic E-state index is 0.0331. The molecule has 3 heterocycles. The molecule has 156 valence electrons. The van der Waals surface area contributed by atoms with Gasteiger partial charge in [0, 0.05) is 58.3 Å². The van der Waals surface area contributed by atoms with Gasteiger partial charge in [0.05, 0.1) is 5.60 Å². The zero-order valence-electron chi connectivity index (χ0n) is 16.8. The van der Waals surface area contributed by atoms with Crippen LogP contribution in [0.4, 0.5) is 0 Å². The topological polar surface area (TPSA) is 106 Å². The molecule has 2 aliphatic heterocycles. The van der Waals surface area contributed by atoms with E-state index in [0.29, 0.717) is 56.6 Å². The highest BCUT2D eigenvalue weighted by atomic mass is 16.3. The van der Waals surface area contributed by atoms with E-state index in [0.717, 1.165) is 25.0 Å². The Morgan fingerprint density at radius 1 is 1.03 bits per heavy atom. The fraction of sp³-hybridized carbons (Fsp3) is 0.600. The van der Waals surface area contributed by atoms with Gasteiger partial charge in [-0.1, -0.05) is 0 Å². The molecule has 2 aliphatic rings. The Bertz CT molecular complexity index is 891. The summed E-state index contributed by atoms with van der Waals surface area (Å²) < 4.78 is 0. The number of rotatable bonds is 3. The number of aromatic nitrogens is 3. The number of β-amino-alcohol motifs (C(OH)–C–C–N with tert-alkyl or cyclic N) is 1. The molecule has 2 saturated heterocycles. The van der Waals surface area contributed by atoms with Gasteiger partial charge in [-0.05, 0) is 37.5 Å². The van der Waals surface area contributed by atoms with Gasteiger partial charge in [-0.25, -0.2) is 0 Å². The van der Waals surface area contributed by atoms with Crippen LogP contribution in [0.3, 0.4) is 0 Å². The number of carbonyl (C=O) groups excluding carboxylic acids is 2. The van der Waals surface area contributed by atoms with Gasteiger partial charge in [0.25, 0.3) is 5.91 Å². The fourth-order valence-electron chi connectivity index (χ4n) is 4.33. The summed E-state index contributed by atoms with van der Waals surface area (Å²) in [7, 11) is 0. The Morgan fingerprint density at radius 3 is 2.55 bits per heavy atom. The van der Waals surface area contributed by atoms with Crippen LogP contribution in [0.5, 0.6) is 0 Å². The van der Waals surface area contributed by atoms with Crippen molar-refractivity contribution in [3.8, 4) is 0 Å². The molecule has 0 saturated carbocycles. The Labute approximate surface area is 169 Å². The van der Waals surface area contributed by atoms with Crippen LogP contribution in [0, 0.1) is 0 Å². The Kier molecular flexibility index (Phi) is 5.51. The molecule has 0 radical (unpaired) electrons. The highest BCUT2D eigenvalue weighted by molar-refractivity contribution is 5.97. The molecule has 1 aromatic heterocycles. The molecule has 1 atom stereocenters. The molecule has 2 N–H and O–H groups in total. The zero-order chi connectivity index (χ0) is 20.4. The zero-order valence-corrected chi connectivity index (χ0v) is 16.8. The predicted octanol–water partition coefficient (Wildman–Crippen LogP) is 0.479. The number of likely N-dealkylation sites (tertiary alicyclic amines) is 1. The first-order valence-corrected chi connectivity index (χ1v) is 10.2. The van der Waals surface area contributed by atoms with Crippen LogP contribution in [-0.2, 0) is 4.79 Å². The Balaban J connectivity index is 1.35. The van der Waals surface area contributed by atoms with Crippen molar-refractivity contribution in [2.45, 2.75) is 31.8 Å². The summed E-state index contributed by atoms with van der Waals surface area (Å²) in [6.07, 6.45) is 1.99. The number of aromatic amines is 1. The smallest absolute Gasteiger partial charge is 0.253 e. The lowest BCUT2D eigenvalue weighted by Crippen LogP contribution is -2.53. The first-order valence-electron chi connectivity index (χ1n) is 10.2. The molecular formula is C20H28N6O3. The normalized spacial score (nSPS) is 23.9. The number of carbonyl (C=O) groups is 2. The van der Waals surface area contributed by atoms with Crippen LogP contribution in [0.25, 0.3) is 11.0 Å². The Hall–Kier alpha value is -2.52. The molecule has 1 aromatic carbocycles. The van der Waals surface area contributed by atoms with E-state index in [1.165, 1.54) is 0 Å². The molecule has 9 heteroatoms. The quantitative estimate of drug-likeness (QED) is 0.776. The van der Waals surface area contributed by atoms with E-state index in [4.69, 9.17) is 0 Å². The van der Waals surface area contributed by atoms with Gasteiger partial charge in [-0.3, -0.25) is 14.5 Å². The third kappa shape index (κ3) is 4.40. The summed E-state index contributed by atoms with van der Waals surface area (Å²) in [6, 6.07) is 5.33. The standard InChI is InChI=1S/C20H28N6O3/c1-15(27)25-11-9-24(10-12-25)14-20(29)5-2-7-26(8-6-20)19(28)16-3-4-17-18(13-16)22-23-21-17/h3-4,13,29H,2,5-12,14H2,1H3,(H,21,22,23)/t20-/m1/s1. The van der Waals surface area contributed by atoms with Crippen molar-refractivity contribution >= 4 is 22.8 Å². The lowest BCUT2D eigenvalue weighted by Gasteiger charge is -2.39. The van der Waals surface area contributed by atoms with Gasteiger partial charge >= 0.3 is 0 Å². The average molecular weight is 400 g/mol. The molecule has 0 aliphatic carbocycles. The summed E-state index contributed by atoms with van der Waals surface area (Å²) in [4.78, 5) is 30.4. The van der Waals surface area contributed by atoms with Gasteiger partial charge in [0.1, 0.15) is 11.0 Å². The summed E-state index contributed by atoms with van der Waals surface area (Å²) in [5, 5.41) is 21.8. The van der Waals surface area contributed by atoms with Crippen LogP contribution in [0.2, 0.25) is 0 Å². The molecule has 4 rings (SSSR count). The largest absolute Gasteiger partial charge is 0.388 e. The van der Waals surface area contributed by atoms with Crippen molar-refractivity contribution in [2.24, 2.45) is 0 Å². The molecular weight excluding hydrogens is 372 g/mol. The van der Waals surface area contributed by atoms with Crippen LogP contribution in [0.15, 0.2) is 18.2 Å². The van der Waals surface area contributed by atoms with E-state index in [2.05, 4.69) is 20.3 Å². The van der Waals surface area contributed by atoms with Crippen LogP contribution in [0.1, 0.15) is 36.5 Å². The highest BCUT2D eigenvalue weighted by Gasteiger charge is 2.34. The van der Waals surface area contributed by atoms with E-state index < -0.39 is 5.60 Å². The monoisotopic (exact) mass is 400 g/mol. The fourth-order valence-corrected chi connectivity index (χ4v) is 4.33. The molecule has 29 heavy (non-hydrogen) atoms. The summed E-state index contributed by atoms with van der Waals surface area (Å²) in [5.74, 6) is 0.0741. The number of amides is 2. The number of aliphatic hydroxyl groups is 1. The van der Waals surface area contributed by atoms with E-state index in [1.54, 1.807) is 25.1 Å². The molecule has 0 unspecified atom stereocenters. The van der Waals surface area contributed by atoms with Crippen molar-refractivity contribution in [3.05, 3.63) is 23.8 Å². The minimum Gasteiger partial charge on any atom is -0.388 e. The van der Waals surface area contributed by atoms with Gasteiger partial charge < -0.3 is 14.9 Å². The third-order valence-electron chi connectivity index (χ3n) is 6.10. The van der Waals surface area contributed by atoms with E-state index in [9.17, 15) is 14.7 Å². The summed E-state index contributed by atoms with van der Waals surface area (Å²) in [6.45, 7) is 6.33. The average Bonchev–Trinajstić information content (AvgIpc) is 3.10. The maximum Gasteiger partial charge on any atom is 0.253 e. The summed E-state index contributed by atoms with van der Waals surface area (Å²) >= 11 is 0. The van der Waals surface area contributed by atoms with Crippen molar-refractivity contribution < 1.29 is 14.7 Å². The highest BCUT2D eigenvalue weighted by Crippen LogP contribution is 2.25. The minimum atomic E-state index is -0.802. The first kappa shape index (κ1) is 19.8. The lowest BCUT2D eigenvalue weighted by atomic mass is 9.94. The van der Waals surface area contributed by atoms with Crippen LogP contribution >= 0.6 is 0 Å². The maximum absolute atomic E-state index is 13.0. The number of H-pyrrole nitrogens is 1. The van der Waals surface area contributed by atoms with Crippen LogP contribution < -0.4 is 0 Å². The van der Waals surface area contributed by atoms with E-state index in [1.807, 2.05) is 9.80 Å². The predicted molar refractivity (Wildman–Crippen MR) is 107 cm³/mol. The molecule has 2 amide bonds. The second-order valence-corrected chi connectivity index (χ2v) is 8.18. The van der Waals surface area contributed by atoms with Gasteiger partial charge in [-0.2, -0.15) is 15.4 Å². The Morgan fingerprint density at radius 2 is 1.79 bits per heavy atom. The van der Waals surface area contributed by atoms with Gasteiger partial charge in [0.2, 0.25) is 5.91 Å². The van der Waals surface area contributed by atoms with Crippen molar-refractivity contribution in [1.82, 2.24) is 30.1 Å². The maximum atomic E-state index is 13.0. The third-order valence-corrected chi connectivity index (χ3v) is 6.10. The number of nitrogens with zero attached hydrogens (tertiary/aromatic N) is 5. The SMILES string of the molecule is CC(=O)N1CCN(C[C@@]2(O)CCCN(C(=O)c3ccc4n[nH]nc4c3)CC2)CC1. The first-order chi connectivity index (χ1) is 13.9. The molecule has 9 nitrogen and oxygen atoms in total. The van der Waals surface area contributed by atoms with Crippen molar-refractivity contribution in [3.63, 3.8) is 0 Å². The van der Waals surface area contributed by atoms with E-state index >= 15 is 0 Å². The lowest BCUT2D eigenvalue weighted by molar-refractivity contribution is -0.131. The second-order valence-electron chi connectivity index (χ2n) is 8.18. The van der Waals surface area contributed by atoms with E-state index in [-0.39, 0.29) is 11.8 Å². The molecule has 2 fully saturated rings. The van der Waals surface area contributed by atoms with Crippen molar-refractivity contribution in [2.75, 3.05) is 45.8 Å². The van der Waals surface area contributed by atoms with Crippen molar-refractivity contribution in [1.29, 1.82) is 0 Å². The number of hydrogen-bond acceptors (Lipinski definition) is 6. The number of nitrogens with one attached hydrogen (secondary N) is 1. The molecule has 0 bridgehead atoms. The summed E-state index contributed by atoms with van der Waals surface area (Å²) in [5.41, 5.74) is 1.20. The second kappa shape index (κ2) is 8.08. The number of piperazine rings is 1. The van der Waals surface area contributed by atoms with Gasteiger partial charge in [-0.15, -0.1) is 0 Å². The molecule has 2 aromatic rings.